The van der Waals surface area contributed by atoms with Crippen molar-refractivity contribution in [3.63, 3.8) is 0 Å². The number of nitro groups is 1. The largest absolute Gasteiger partial charge is 0.454 e. The summed E-state index contributed by atoms with van der Waals surface area (Å²) in [7, 11) is -3.77. The Kier molecular flexibility index (Phi) is 6.73. The third-order valence-electron chi connectivity index (χ3n) is 6.04. The summed E-state index contributed by atoms with van der Waals surface area (Å²) in [5.41, 5.74) is 1.37. The van der Waals surface area contributed by atoms with Crippen LogP contribution < -0.4 is 14.4 Å². The fraction of sp³-hybridized carbons (Fsp3) is 0.455. The lowest BCUT2D eigenvalue weighted by atomic mass is 10.1. The van der Waals surface area contributed by atoms with E-state index in [0.717, 1.165) is 36.7 Å². The van der Waals surface area contributed by atoms with Gasteiger partial charge in [-0.05, 0) is 29.8 Å². The number of anilines is 1. The van der Waals surface area contributed by atoms with Crippen molar-refractivity contribution in [2.45, 2.75) is 25.3 Å². The lowest BCUT2D eigenvalue weighted by molar-refractivity contribution is -0.384. The van der Waals surface area contributed by atoms with Gasteiger partial charge in [-0.1, -0.05) is 19.9 Å². The van der Waals surface area contributed by atoms with Gasteiger partial charge < -0.3 is 14.4 Å². The van der Waals surface area contributed by atoms with E-state index in [0.29, 0.717) is 31.9 Å². The molecule has 2 aliphatic rings. The van der Waals surface area contributed by atoms with Crippen molar-refractivity contribution in [2.75, 3.05) is 51.0 Å². The smallest absolute Gasteiger partial charge is 0.293 e. The van der Waals surface area contributed by atoms with Crippen LogP contribution in [0.25, 0.3) is 0 Å². The fourth-order valence-electron chi connectivity index (χ4n) is 4.23. The molecule has 0 aliphatic carbocycles. The van der Waals surface area contributed by atoms with Crippen LogP contribution >= 0.6 is 0 Å². The van der Waals surface area contributed by atoms with Crippen LogP contribution in [0.15, 0.2) is 41.3 Å². The zero-order valence-electron chi connectivity index (χ0n) is 18.8. The molecule has 0 N–H and O–H groups in total. The third-order valence-corrected chi connectivity index (χ3v) is 8.09. The van der Waals surface area contributed by atoms with E-state index in [1.807, 2.05) is 23.1 Å². The number of sulfonamides is 1. The van der Waals surface area contributed by atoms with Crippen molar-refractivity contribution in [2.24, 2.45) is 0 Å². The lowest BCUT2D eigenvalue weighted by Crippen LogP contribution is -2.46. The summed E-state index contributed by atoms with van der Waals surface area (Å²) >= 11 is 0. The highest BCUT2D eigenvalue weighted by atomic mass is 32.2. The van der Waals surface area contributed by atoms with Gasteiger partial charge in [0.05, 0.1) is 9.82 Å². The number of hydrogen-bond donors (Lipinski definition) is 0. The van der Waals surface area contributed by atoms with Crippen LogP contribution in [-0.4, -0.2) is 68.6 Å². The second-order valence-electron chi connectivity index (χ2n) is 7.95. The van der Waals surface area contributed by atoms with Crippen molar-refractivity contribution in [3.8, 4) is 11.5 Å². The van der Waals surface area contributed by atoms with E-state index in [1.54, 1.807) is 19.9 Å². The van der Waals surface area contributed by atoms with E-state index < -0.39 is 14.9 Å². The van der Waals surface area contributed by atoms with E-state index >= 15 is 0 Å². The zero-order chi connectivity index (χ0) is 23.6. The highest BCUT2D eigenvalue weighted by molar-refractivity contribution is 7.89. The molecule has 0 radical (unpaired) electrons. The minimum Gasteiger partial charge on any atom is -0.454 e. The minimum absolute atomic E-state index is 0.0527. The molecule has 2 aliphatic heterocycles. The summed E-state index contributed by atoms with van der Waals surface area (Å²) in [4.78, 5) is 15.5. The van der Waals surface area contributed by atoms with Crippen LogP contribution in [0.4, 0.5) is 11.4 Å². The van der Waals surface area contributed by atoms with Crippen LogP contribution in [0, 0.1) is 10.1 Å². The molecule has 2 aromatic carbocycles. The van der Waals surface area contributed by atoms with Gasteiger partial charge in [0.25, 0.3) is 5.69 Å². The third kappa shape index (κ3) is 4.75. The van der Waals surface area contributed by atoms with Gasteiger partial charge in [-0.25, -0.2) is 8.42 Å². The summed E-state index contributed by atoms with van der Waals surface area (Å²) in [6.45, 7) is 7.75. The molecule has 0 spiro atoms. The van der Waals surface area contributed by atoms with Gasteiger partial charge >= 0.3 is 0 Å². The SMILES string of the molecule is CCN(CC)S(=O)(=O)c1ccc(N2CCN(Cc3ccc4c(c3)OCO4)CC2)c([N+](=O)[O-])c1. The Hall–Kier alpha value is -2.89. The van der Waals surface area contributed by atoms with Crippen LogP contribution in [-0.2, 0) is 16.6 Å². The molecular weight excluding hydrogens is 448 g/mol. The Labute approximate surface area is 193 Å². The van der Waals surface area contributed by atoms with Crippen LogP contribution in [0.1, 0.15) is 19.4 Å². The topological polar surface area (TPSA) is 105 Å². The zero-order valence-corrected chi connectivity index (χ0v) is 19.6. The van der Waals surface area contributed by atoms with E-state index in [-0.39, 0.29) is 17.4 Å². The first-order chi connectivity index (χ1) is 15.8. The first kappa shape index (κ1) is 23.3. The Morgan fingerprint density at radius 2 is 1.70 bits per heavy atom. The predicted molar refractivity (Wildman–Crippen MR) is 123 cm³/mol. The van der Waals surface area contributed by atoms with E-state index in [2.05, 4.69) is 4.90 Å². The molecule has 0 saturated carbocycles. The van der Waals surface area contributed by atoms with Crippen molar-refractivity contribution >= 4 is 21.4 Å². The van der Waals surface area contributed by atoms with E-state index in [4.69, 9.17) is 9.47 Å². The Balaban J connectivity index is 1.47. The molecular formula is C22H28N4O6S. The van der Waals surface area contributed by atoms with Gasteiger partial charge in [0.1, 0.15) is 5.69 Å². The van der Waals surface area contributed by atoms with Crippen molar-refractivity contribution in [1.82, 2.24) is 9.21 Å². The molecule has 4 rings (SSSR count). The molecule has 1 fully saturated rings. The van der Waals surface area contributed by atoms with Crippen molar-refractivity contribution < 1.29 is 22.8 Å². The molecule has 0 amide bonds. The second-order valence-corrected chi connectivity index (χ2v) is 9.89. The maximum atomic E-state index is 12.8. The van der Waals surface area contributed by atoms with Gasteiger partial charge in [0, 0.05) is 51.9 Å². The summed E-state index contributed by atoms with van der Waals surface area (Å²) in [5.74, 6) is 1.50. The molecule has 2 heterocycles. The molecule has 0 aromatic heterocycles. The molecule has 2 aromatic rings. The lowest BCUT2D eigenvalue weighted by Gasteiger charge is -2.36. The van der Waals surface area contributed by atoms with Crippen molar-refractivity contribution in [1.29, 1.82) is 0 Å². The van der Waals surface area contributed by atoms with Gasteiger partial charge in [-0.3, -0.25) is 15.0 Å². The number of ether oxygens (including phenoxy) is 2. The molecule has 1 saturated heterocycles. The Morgan fingerprint density at radius 3 is 2.36 bits per heavy atom. The number of benzene rings is 2. The van der Waals surface area contributed by atoms with Crippen molar-refractivity contribution in [3.05, 3.63) is 52.1 Å². The summed E-state index contributed by atoms with van der Waals surface area (Å²) in [6, 6.07) is 10.1. The van der Waals surface area contributed by atoms with Gasteiger partial charge in [-0.15, -0.1) is 0 Å². The maximum absolute atomic E-state index is 12.8. The van der Waals surface area contributed by atoms with Crippen LogP contribution in [0.3, 0.4) is 0 Å². The number of hydrogen-bond acceptors (Lipinski definition) is 8. The molecule has 0 bridgehead atoms. The second kappa shape index (κ2) is 9.54. The van der Waals surface area contributed by atoms with E-state index in [9.17, 15) is 18.5 Å². The highest BCUT2D eigenvalue weighted by Gasteiger charge is 2.29. The maximum Gasteiger partial charge on any atom is 0.293 e. The van der Waals surface area contributed by atoms with Gasteiger partial charge in [0.15, 0.2) is 11.5 Å². The average molecular weight is 477 g/mol. The Morgan fingerprint density at radius 1 is 1.00 bits per heavy atom. The highest BCUT2D eigenvalue weighted by Crippen LogP contribution is 2.34. The van der Waals surface area contributed by atoms with Crippen LogP contribution in [0.5, 0.6) is 11.5 Å². The Bertz CT molecular complexity index is 1130. The van der Waals surface area contributed by atoms with Gasteiger partial charge in [-0.2, -0.15) is 4.31 Å². The minimum atomic E-state index is -3.77. The molecule has 0 unspecified atom stereocenters. The molecule has 178 valence electrons. The molecule has 10 nitrogen and oxygen atoms in total. The van der Waals surface area contributed by atoms with Crippen LogP contribution in [0.2, 0.25) is 0 Å². The summed E-state index contributed by atoms with van der Waals surface area (Å²) in [5, 5.41) is 11.8. The van der Waals surface area contributed by atoms with Gasteiger partial charge in [0.2, 0.25) is 16.8 Å². The average Bonchev–Trinajstić information content (AvgIpc) is 3.28. The molecule has 11 heteroatoms. The summed E-state index contributed by atoms with van der Waals surface area (Å²) in [6.07, 6.45) is 0. The first-order valence-electron chi connectivity index (χ1n) is 11.0. The standard InChI is InChI=1S/C22H28N4O6S/c1-3-25(4-2)33(29,30)18-6-7-19(20(14-18)26(27)28)24-11-9-23(10-12-24)15-17-5-8-21-22(13-17)32-16-31-21/h5-8,13-14H,3-4,9-12,15-16H2,1-2H3. The summed E-state index contributed by atoms with van der Waals surface area (Å²) < 4.78 is 37.7. The molecule has 0 atom stereocenters. The fourth-order valence-corrected chi connectivity index (χ4v) is 5.71. The molecule has 33 heavy (non-hydrogen) atoms. The first-order valence-corrected chi connectivity index (χ1v) is 12.4. The number of fused-ring (bicyclic) bond motifs is 1. The van der Waals surface area contributed by atoms with E-state index in [1.165, 1.54) is 16.4 Å². The number of nitro benzene ring substituents is 1. The normalized spacial score (nSPS) is 16.4. The number of rotatable bonds is 8. The number of nitrogens with zero attached hydrogens (tertiary/aromatic N) is 4. The quantitative estimate of drug-likeness (QED) is 0.423. The number of piperazine rings is 1. The predicted octanol–water partition coefficient (Wildman–Crippen LogP) is 2.68. The monoisotopic (exact) mass is 476 g/mol.